The molecule has 60 valence electrons. The molecule has 0 fully saturated rings. The Morgan fingerprint density at radius 1 is 1.73 bits per heavy atom. The third kappa shape index (κ3) is 2.41. The van der Waals surface area contributed by atoms with Gasteiger partial charge in [-0.1, -0.05) is 0 Å². The quantitative estimate of drug-likeness (QED) is 0.680. The van der Waals surface area contributed by atoms with Crippen molar-refractivity contribution in [3.63, 3.8) is 0 Å². The van der Waals surface area contributed by atoms with Gasteiger partial charge in [0.15, 0.2) is 0 Å². The van der Waals surface area contributed by atoms with Crippen molar-refractivity contribution in [2.24, 2.45) is 0 Å². The van der Waals surface area contributed by atoms with Gasteiger partial charge in [-0.05, 0) is 11.4 Å². The van der Waals surface area contributed by atoms with Crippen molar-refractivity contribution < 1.29 is 13.6 Å². The summed E-state index contributed by atoms with van der Waals surface area (Å²) < 4.78 is 21.7. The highest BCUT2D eigenvalue weighted by Gasteiger charge is 2.03. The molecule has 1 unspecified atom stereocenters. The van der Waals surface area contributed by atoms with Gasteiger partial charge < -0.3 is 4.55 Å². The number of amides is 1. The maximum Gasteiger partial charge on any atom is 0.262 e. The minimum absolute atomic E-state index is 0.360. The summed E-state index contributed by atoms with van der Waals surface area (Å²) in [4.78, 5) is 10.8. The standard InChI is InChI=1S/C5H5NO3S2/c7-5(6-11(8)9)4-1-2-10-3-4/h1-3H,(H,6,7)(H,8,9)/p-1. The maximum atomic E-state index is 10.8. The first-order valence-electron chi connectivity index (χ1n) is 2.62. The molecule has 1 N–H and O–H groups in total. The Morgan fingerprint density at radius 2 is 2.45 bits per heavy atom. The first-order valence-corrected chi connectivity index (χ1v) is 4.64. The Hall–Kier alpha value is -0.720. The lowest BCUT2D eigenvalue weighted by Crippen LogP contribution is -2.24. The molecule has 1 amide bonds. The Labute approximate surface area is 69.7 Å². The molecular weight excluding hydrogens is 186 g/mol. The topological polar surface area (TPSA) is 69.2 Å². The third-order valence-corrected chi connectivity index (χ3v) is 1.99. The van der Waals surface area contributed by atoms with Crippen LogP contribution in [-0.4, -0.2) is 14.7 Å². The minimum atomic E-state index is -2.53. The van der Waals surface area contributed by atoms with E-state index < -0.39 is 17.2 Å². The number of thiophene rings is 1. The summed E-state index contributed by atoms with van der Waals surface area (Å²) in [7, 11) is 0. The van der Waals surface area contributed by atoms with E-state index in [1.54, 1.807) is 21.5 Å². The van der Waals surface area contributed by atoms with Crippen LogP contribution in [0.2, 0.25) is 0 Å². The predicted octanol–water partition coefficient (Wildman–Crippen LogP) is 0.272. The van der Waals surface area contributed by atoms with Crippen LogP contribution in [-0.2, 0) is 11.3 Å². The first-order chi connectivity index (χ1) is 5.20. The normalized spacial score (nSPS) is 12.5. The van der Waals surface area contributed by atoms with Gasteiger partial charge >= 0.3 is 0 Å². The van der Waals surface area contributed by atoms with Crippen molar-refractivity contribution in [2.75, 3.05) is 0 Å². The molecule has 11 heavy (non-hydrogen) atoms. The molecule has 1 heterocycles. The molecule has 1 aromatic rings. The highest BCUT2D eigenvalue weighted by Crippen LogP contribution is 2.04. The average Bonchev–Trinajstić information content (AvgIpc) is 2.35. The molecular formula is C5H4NO3S2-. The molecule has 0 spiro atoms. The number of hydrogen-bond acceptors (Lipinski definition) is 4. The van der Waals surface area contributed by atoms with Gasteiger partial charge in [0.2, 0.25) is 0 Å². The molecule has 1 aromatic heterocycles. The van der Waals surface area contributed by atoms with E-state index in [0.717, 1.165) is 0 Å². The van der Waals surface area contributed by atoms with Crippen LogP contribution in [0.4, 0.5) is 0 Å². The summed E-state index contributed by atoms with van der Waals surface area (Å²) >= 11 is -1.19. The van der Waals surface area contributed by atoms with E-state index in [1.165, 1.54) is 11.3 Å². The second-order valence-corrected chi connectivity index (χ2v) is 3.13. The molecule has 1 atom stereocenters. The number of rotatable bonds is 2. The fourth-order valence-corrected chi connectivity index (χ4v) is 1.43. The van der Waals surface area contributed by atoms with Crippen molar-refractivity contribution in [1.29, 1.82) is 0 Å². The van der Waals surface area contributed by atoms with E-state index in [9.17, 15) is 13.6 Å². The SMILES string of the molecule is O=C(NS(=O)[O-])c1ccsc1. The average molecular weight is 190 g/mol. The third-order valence-electron chi connectivity index (χ3n) is 0.959. The smallest absolute Gasteiger partial charge is 0.262 e. The molecule has 0 aliphatic heterocycles. The van der Waals surface area contributed by atoms with Crippen LogP contribution in [0, 0.1) is 0 Å². The van der Waals surface area contributed by atoms with Gasteiger partial charge in [-0.25, -0.2) is 0 Å². The lowest BCUT2D eigenvalue weighted by atomic mass is 10.3. The second-order valence-electron chi connectivity index (χ2n) is 1.68. The molecule has 0 saturated carbocycles. The second kappa shape index (κ2) is 3.61. The minimum Gasteiger partial charge on any atom is -0.755 e. The lowest BCUT2D eigenvalue weighted by Gasteiger charge is -2.04. The fourth-order valence-electron chi connectivity index (χ4n) is 0.528. The number of hydrogen-bond donors (Lipinski definition) is 1. The summed E-state index contributed by atoms with van der Waals surface area (Å²) in [5, 5.41) is 3.27. The zero-order chi connectivity index (χ0) is 8.27. The summed E-state index contributed by atoms with van der Waals surface area (Å²) in [5.74, 6) is -0.598. The van der Waals surface area contributed by atoms with Crippen molar-refractivity contribution in [2.45, 2.75) is 0 Å². The highest BCUT2D eigenvalue weighted by molar-refractivity contribution is 7.77. The molecule has 4 nitrogen and oxygen atoms in total. The first kappa shape index (κ1) is 8.38. The fraction of sp³-hybridized carbons (Fsp3) is 0. The Balaban J connectivity index is 2.64. The monoisotopic (exact) mass is 190 g/mol. The predicted molar refractivity (Wildman–Crippen MR) is 40.7 cm³/mol. The van der Waals surface area contributed by atoms with Crippen molar-refractivity contribution in [1.82, 2.24) is 4.72 Å². The zero-order valence-corrected chi connectivity index (χ0v) is 6.91. The van der Waals surface area contributed by atoms with Gasteiger partial charge in [0, 0.05) is 16.6 Å². The largest absolute Gasteiger partial charge is 0.755 e. The van der Waals surface area contributed by atoms with Gasteiger partial charge in [0.05, 0.1) is 5.56 Å². The summed E-state index contributed by atoms with van der Waals surface area (Å²) in [6, 6.07) is 1.55. The molecule has 0 bridgehead atoms. The highest BCUT2D eigenvalue weighted by atomic mass is 32.2. The van der Waals surface area contributed by atoms with Crippen molar-refractivity contribution >= 4 is 28.5 Å². The van der Waals surface area contributed by atoms with E-state index in [4.69, 9.17) is 0 Å². The maximum absolute atomic E-state index is 10.8. The van der Waals surface area contributed by atoms with Crippen LogP contribution in [0.3, 0.4) is 0 Å². The molecule has 0 aliphatic rings. The van der Waals surface area contributed by atoms with Gasteiger partial charge in [0.25, 0.3) is 5.91 Å². The number of nitrogens with one attached hydrogen (secondary N) is 1. The van der Waals surface area contributed by atoms with Gasteiger partial charge in [-0.15, -0.1) is 0 Å². The summed E-state index contributed by atoms with van der Waals surface area (Å²) in [6.45, 7) is 0. The summed E-state index contributed by atoms with van der Waals surface area (Å²) in [5.41, 5.74) is 0.360. The van der Waals surface area contributed by atoms with Gasteiger partial charge in [-0.3, -0.25) is 13.7 Å². The van der Waals surface area contributed by atoms with Crippen LogP contribution in [0.15, 0.2) is 16.8 Å². The van der Waals surface area contributed by atoms with Crippen LogP contribution < -0.4 is 4.72 Å². The van der Waals surface area contributed by atoms with Crippen molar-refractivity contribution in [3.8, 4) is 0 Å². The molecule has 0 saturated heterocycles. The Kier molecular flexibility index (Phi) is 2.75. The Bertz CT molecular complexity index is 269. The van der Waals surface area contributed by atoms with Crippen LogP contribution in [0.1, 0.15) is 10.4 Å². The van der Waals surface area contributed by atoms with Crippen molar-refractivity contribution in [3.05, 3.63) is 22.4 Å². The number of carbonyl (C=O) groups is 1. The molecule has 6 heteroatoms. The van der Waals surface area contributed by atoms with E-state index in [-0.39, 0.29) is 0 Å². The van der Waals surface area contributed by atoms with E-state index >= 15 is 0 Å². The molecule has 0 aromatic carbocycles. The van der Waals surface area contributed by atoms with Crippen LogP contribution >= 0.6 is 11.3 Å². The molecule has 1 rings (SSSR count). The lowest BCUT2D eigenvalue weighted by molar-refractivity contribution is 0.0981. The number of carbonyl (C=O) groups excluding carboxylic acids is 1. The molecule has 0 radical (unpaired) electrons. The van der Waals surface area contributed by atoms with Gasteiger partial charge in [0.1, 0.15) is 0 Å². The van der Waals surface area contributed by atoms with E-state index in [0.29, 0.717) is 5.56 Å². The van der Waals surface area contributed by atoms with Crippen LogP contribution in [0.25, 0.3) is 0 Å². The van der Waals surface area contributed by atoms with Crippen LogP contribution in [0.5, 0.6) is 0 Å². The molecule has 0 aliphatic carbocycles. The van der Waals surface area contributed by atoms with Gasteiger partial charge in [-0.2, -0.15) is 11.3 Å². The Morgan fingerprint density at radius 3 is 2.91 bits per heavy atom. The van der Waals surface area contributed by atoms with E-state index in [2.05, 4.69) is 0 Å². The zero-order valence-electron chi connectivity index (χ0n) is 5.27. The summed E-state index contributed by atoms with van der Waals surface area (Å²) in [6.07, 6.45) is 0. The van der Waals surface area contributed by atoms with E-state index in [1.807, 2.05) is 0 Å².